The van der Waals surface area contributed by atoms with Crippen LogP contribution in [-0.2, 0) is 5.60 Å². The van der Waals surface area contributed by atoms with Gasteiger partial charge in [-0.25, -0.2) is 0 Å². The molecule has 1 aromatic rings. The summed E-state index contributed by atoms with van der Waals surface area (Å²) in [6, 6.07) is 8.21. The van der Waals surface area contributed by atoms with Crippen LogP contribution in [0.3, 0.4) is 0 Å². The third-order valence-corrected chi connectivity index (χ3v) is 2.90. The Kier molecular flexibility index (Phi) is 3.92. The molecular weight excluding hydrogens is 184 g/mol. The monoisotopic (exact) mass is 206 g/mol. The van der Waals surface area contributed by atoms with Gasteiger partial charge in [-0.05, 0) is 30.4 Å². The smallest absolute Gasteiger partial charge is 0.0871 e. The van der Waals surface area contributed by atoms with Crippen molar-refractivity contribution in [3.05, 3.63) is 35.4 Å². The van der Waals surface area contributed by atoms with Crippen molar-refractivity contribution >= 4 is 0 Å². The molecule has 0 spiro atoms. The largest absolute Gasteiger partial charge is 0.385 e. The lowest BCUT2D eigenvalue weighted by Gasteiger charge is -2.27. The molecule has 1 heteroatoms. The summed E-state index contributed by atoms with van der Waals surface area (Å²) in [6.07, 6.45) is 1.82. The van der Waals surface area contributed by atoms with Gasteiger partial charge in [0, 0.05) is 0 Å². The lowest BCUT2D eigenvalue weighted by Crippen LogP contribution is -2.22. The molecule has 0 bridgehead atoms. The van der Waals surface area contributed by atoms with E-state index in [4.69, 9.17) is 0 Å². The molecule has 1 nitrogen and oxygen atoms in total. The van der Waals surface area contributed by atoms with Gasteiger partial charge >= 0.3 is 0 Å². The van der Waals surface area contributed by atoms with Crippen LogP contribution in [0.5, 0.6) is 0 Å². The molecule has 0 aromatic heterocycles. The summed E-state index contributed by atoms with van der Waals surface area (Å²) in [5.41, 5.74) is 1.66. The number of hydrogen-bond acceptors (Lipinski definition) is 1. The van der Waals surface area contributed by atoms with Crippen molar-refractivity contribution in [2.45, 2.75) is 52.1 Å². The Morgan fingerprint density at radius 3 is 2.40 bits per heavy atom. The van der Waals surface area contributed by atoms with Crippen molar-refractivity contribution in [2.75, 3.05) is 0 Å². The summed E-state index contributed by atoms with van der Waals surface area (Å²) in [5, 5.41) is 10.4. The molecule has 0 aliphatic heterocycles. The van der Waals surface area contributed by atoms with Crippen LogP contribution in [0.15, 0.2) is 24.3 Å². The maximum Gasteiger partial charge on any atom is 0.0871 e. The molecule has 0 heterocycles. The molecule has 0 fully saturated rings. The predicted octanol–water partition coefficient (Wildman–Crippen LogP) is 3.82. The van der Waals surface area contributed by atoms with Crippen LogP contribution in [0.4, 0.5) is 0 Å². The van der Waals surface area contributed by atoms with E-state index in [1.54, 1.807) is 0 Å². The highest BCUT2D eigenvalue weighted by Crippen LogP contribution is 2.32. The van der Waals surface area contributed by atoms with E-state index in [1.165, 1.54) is 5.56 Å². The Morgan fingerprint density at radius 2 is 1.87 bits per heavy atom. The highest BCUT2D eigenvalue weighted by atomic mass is 16.3. The molecule has 0 aliphatic rings. The van der Waals surface area contributed by atoms with Gasteiger partial charge in [0.2, 0.25) is 0 Å². The van der Waals surface area contributed by atoms with Gasteiger partial charge in [0.1, 0.15) is 0 Å². The lowest BCUT2D eigenvalue weighted by molar-refractivity contribution is 0.0458. The molecule has 1 atom stereocenters. The van der Waals surface area contributed by atoms with E-state index in [2.05, 4.69) is 26.8 Å². The fraction of sp³-hybridized carbons (Fsp3) is 0.571. The highest BCUT2D eigenvalue weighted by Gasteiger charge is 2.25. The third-order valence-electron chi connectivity index (χ3n) is 2.90. The number of aliphatic hydroxyl groups is 1. The molecule has 15 heavy (non-hydrogen) atoms. The van der Waals surface area contributed by atoms with E-state index in [9.17, 15) is 5.11 Å². The minimum Gasteiger partial charge on any atom is -0.385 e. The number of rotatable bonds is 4. The van der Waals surface area contributed by atoms with Crippen molar-refractivity contribution in [3.63, 3.8) is 0 Å². The summed E-state index contributed by atoms with van der Waals surface area (Å²) in [5.74, 6) is 0.463. The van der Waals surface area contributed by atoms with Crippen molar-refractivity contribution in [2.24, 2.45) is 0 Å². The minimum atomic E-state index is -0.685. The van der Waals surface area contributed by atoms with Crippen LogP contribution in [0.1, 0.15) is 57.6 Å². The Bertz CT molecular complexity index is 313. The van der Waals surface area contributed by atoms with Gasteiger partial charge in [-0.15, -0.1) is 0 Å². The summed E-state index contributed by atoms with van der Waals surface area (Å²) in [7, 11) is 0. The van der Waals surface area contributed by atoms with Crippen molar-refractivity contribution < 1.29 is 5.11 Å². The first-order chi connectivity index (χ1) is 6.99. The summed E-state index contributed by atoms with van der Waals surface area (Å²) in [4.78, 5) is 0. The molecule has 0 aliphatic carbocycles. The van der Waals surface area contributed by atoms with Crippen molar-refractivity contribution in [3.8, 4) is 0 Å². The zero-order valence-corrected chi connectivity index (χ0v) is 10.2. The maximum atomic E-state index is 10.4. The SMILES string of the molecule is CCCC(C)(O)c1ccccc1C(C)C. The summed E-state index contributed by atoms with van der Waals surface area (Å²) in [6.45, 7) is 8.35. The van der Waals surface area contributed by atoms with E-state index >= 15 is 0 Å². The topological polar surface area (TPSA) is 20.2 Å². The van der Waals surface area contributed by atoms with Gasteiger partial charge in [-0.1, -0.05) is 51.5 Å². The zero-order chi connectivity index (χ0) is 11.5. The number of hydrogen-bond donors (Lipinski definition) is 1. The van der Waals surface area contributed by atoms with Crippen LogP contribution < -0.4 is 0 Å². The van der Waals surface area contributed by atoms with Crippen LogP contribution in [-0.4, -0.2) is 5.11 Å². The summed E-state index contributed by atoms with van der Waals surface area (Å²) < 4.78 is 0. The lowest BCUT2D eigenvalue weighted by atomic mass is 9.84. The van der Waals surface area contributed by atoms with Gasteiger partial charge in [0.05, 0.1) is 5.60 Å². The Labute approximate surface area is 93.1 Å². The zero-order valence-electron chi connectivity index (χ0n) is 10.2. The fourth-order valence-electron chi connectivity index (χ4n) is 2.11. The van der Waals surface area contributed by atoms with Crippen LogP contribution >= 0.6 is 0 Å². The second kappa shape index (κ2) is 4.80. The average molecular weight is 206 g/mol. The van der Waals surface area contributed by atoms with Crippen LogP contribution in [0, 0.1) is 0 Å². The third kappa shape index (κ3) is 2.82. The Morgan fingerprint density at radius 1 is 1.27 bits per heavy atom. The second-order valence-electron chi connectivity index (χ2n) is 4.77. The molecule has 0 saturated heterocycles. The second-order valence-corrected chi connectivity index (χ2v) is 4.77. The Hall–Kier alpha value is -0.820. The molecule has 0 saturated carbocycles. The number of benzene rings is 1. The first kappa shape index (κ1) is 12.3. The first-order valence-corrected chi connectivity index (χ1v) is 5.80. The fourth-order valence-corrected chi connectivity index (χ4v) is 2.11. The van der Waals surface area contributed by atoms with Gasteiger partial charge in [-0.3, -0.25) is 0 Å². The minimum absolute atomic E-state index is 0.463. The van der Waals surface area contributed by atoms with E-state index in [0.29, 0.717) is 5.92 Å². The molecule has 0 amide bonds. The van der Waals surface area contributed by atoms with Crippen LogP contribution in [0.2, 0.25) is 0 Å². The van der Waals surface area contributed by atoms with E-state index in [0.717, 1.165) is 18.4 Å². The van der Waals surface area contributed by atoms with Gasteiger partial charge < -0.3 is 5.11 Å². The molecule has 84 valence electrons. The normalized spacial score (nSPS) is 15.3. The van der Waals surface area contributed by atoms with Crippen molar-refractivity contribution in [1.29, 1.82) is 0 Å². The van der Waals surface area contributed by atoms with E-state index < -0.39 is 5.60 Å². The Balaban J connectivity index is 3.12. The molecule has 0 radical (unpaired) electrons. The van der Waals surface area contributed by atoms with E-state index in [1.807, 2.05) is 25.1 Å². The van der Waals surface area contributed by atoms with Gasteiger partial charge in [0.15, 0.2) is 0 Å². The maximum absolute atomic E-state index is 10.4. The molecule has 1 rings (SSSR count). The standard InChI is InChI=1S/C14H22O/c1-5-10-14(4,15)13-9-7-6-8-12(13)11(2)3/h6-9,11,15H,5,10H2,1-4H3. The molecule has 1 N–H and O–H groups in total. The summed E-state index contributed by atoms with van der Waals surface area (Å²) >= 11 is 0. The molecular formula is C14H22O. The first-order valence-electron chi connectivity index (χ1n) is 5.80. The van der Waals surface area contributed by atoms with Crippen molar-refractivity contribution in [1.82, 2.24) is 0 Å². The average Bonchev–Trinajstić information content (AvgIpc) is 2.17. The molecule has 1 unspecified atom stereocenters. The van der Waals surface area contributed by atoms with E-state index in [-0.39, 0.29) is 0 Å². The highest BCUT2D eigenvalue weighted by molar-refractivity contribution is 5.34. The van der Waals surface area contributed by atoms with Gasteiger partial charge in [0.25, 0.3) is 0 Å². The quantitative estimate of drug-likeness (QED) is 0.794. The van der Waals surface area contributed by atoms with Gasteiger partial charge in [-0.2, -0.15) is 0 Å². The van der Waals surface area contributed by atoms with Crippen LogP contribution in [0.25, 0.3) is 0 Å². The molecule has 1 aromatic carbocycles. The predicted molar refractivity (Wildman–Crippen MR) is 65.0 cm³/mol.